The lowest BCUT2D eigenvalue weighted by atomic mass is 10.0. The molecule has 0 bridgehead atoms. The Balaban J connectivity index is 1.85. The first kappa shape index (κ1) is 17.9. The lowest BCUT2D eigenvalue weighted by Gasteiger charge is -2.19. The van der Waals surface area contributed by atoms with E-state index in [9.17, 15) is 9.18 Å². The molecule has 0 radical (unpaired) electrons. The molecular weight excluding hydrogens is 307 g/mol. The van der Waals surface area contributed by atoms with Crippen LogP contribution in [-0.4, -0.2) is 24.3 Å². The number of carbonyl (C=O) groups excluding carboxylic acids is 1. The fraction of sp³-hybridized carbons (Fsp3) is 0.316. The summed E-state index contributed by atoms with van der Waals surface area (Å²) in [6, 6.07) is 15.7. The van der Waals surface area contributed by atoms with Gasteiger partial charge >= 0.3 is 6.03 Å². The Morgan fingerprint density at radius 1 is 1.08 bits per heavy atom. The molecule has 1 atom stereocenters. The zero-order chi connectivity index (χ0) is 17.2. The summed E-state index contributed by atoms with van der Waals surface area (Å²) in [6.45, 7) is 0.439. The van der Waals surface area contributed by atoms with Crippen molar-refractivity contribution in [3.05, 3.63) is 71.5 Å². The zero-order valence-electron chi connectivity index (χ0n) is 13.5. The molecule has 3 N–H and O–H groups in total. The minimum atomic E-state index is -0.293. The van der Waals surface area contributed by atoms with Crippen molar-refractivity contribution < 1.29 is 14.3 Å². The molecule has 2 aromatic rings. The van der Waals surface area contributed by atoms with E-state index < -0.39 is 0 Å². The molecular formula is C19H23FN2O2. The van der Waals surface area contributed by atoms with Crippen LogP contribution in [0.3, 0.4) is 0 Å². The Kier molecular flexibility index (Phi) is 7.23. The normalized spacial score (nSPS) is 11.8. The first-order valence-corrected chi connectivity index (χ1v) is 8.14. The van der Waals surface area contributed by atoms with Gasteiger partial charge in [0.05, 0.1) is 6.04 Å². The lowest BCUT2D eigenvalue weighted by Crippen LogP contribution is -2.39. The lowest BCUT2D eigenvalue weighted by molar-refractivity contribution is 0.233. The van der Waals surface area contributed by atoms with E-state index in [1.807, 2.05) is 30.3 Å². The van der Waals surface area contributed by atoms with Crippen molar-refractivity contribution in [2.75, 3.05) is 13.2 Å². The number of rotatable bonds is 8. The first-order chi connectivity index (χ1) is 11.7. The summed E-state index contributed by atoms with van der Waals surface area (Å²) in [6.07, 6.45) is 1.70. The van der Waals surface area contributed by atoms with Crippen molar-refractivity contribution in [3.8, 4) is 0 Å². The zero-order valence-corrected chi connectivity index (χ0v) is 13.5. The maximum atomic E-state index is 13.5. The summed E-state index contributed by atoms with van der Waals surface area (Å²) in [5, 5.41) is 14.7. The van der Waals surface area contributed by atoms with Gasteiger partial charge in [-0.2, -0.15) is 0 Å². The van der Waals surface area contributed by atoms with E-state index >= 15 is 0 Å². The number of aliphatic hydroxyl groups excluding tert-OH is 1. The van der Waals surface area contributed by atoms with Gasteiger partial charge in [0.2, 0.25) is 0 Å². The van der Waals surface area contributed by atoms with E-state index in [1.165, 1.54) is 6.07 Å². The molecule has 0 saturated carbocycles. The highest BCUT2D eigenvalue weighted by Crippen LogP contribution is 2.17. The van der Waals surface area contributed by atoms with Crippen LogP contribution in [0.25, 0.3) is 0 Å². The van der Waals surface area contributed by atoms with E-state index in [1.54, 1.807) is 18.2 Å². The summed E-state index contributed by atoms with van der Waals surface area (Å²) >= 11 is 0. The standard InChI is InChI=1S/C19H23FN2O2/c20-17-10-5-4-7-15(17)12-13-21-19(24)22-18(11-6-14-23)16-8-2-1-3-9-16/h1-5,7-10,18,23H,6,11-14H2,(H2,21,22,24). The van der Waals surface area contributed by atoms with Crippen molar-refractivity contribution in [2.24, 2.45) is 0 Å². The van der Waals surface area contributed by atoms with Gasteiger partial charge in [0.25, 0.3) is 0 Å². The Labute approximate surface area is 141 Å². The summed E-state index contributed by atoms with van der Waals surface area (Å²) in [4.78, 5) is 12.1. The van der Waals surface area contributed by atoms with Crippen LogP contribution in [0.4, 0.5) is 9.18 Å². The van der Waals surface area contributed by atoms with Gasteiger partial charge in [-0.15, -0.1) is 0 Å². The van der Waals surface area contributed by atoms with Gasteiger partial charge in [0.1, 0.15) is 5.82 Å². The summed E-state index contributed by atoms with van der Waals surface area (Å²) in [5.74, 6) is -0.259. The van der Waals surface area contributed by atoms with Crippen LogP contribution >= 0.6 is 0 Å². The van der Waals surface area contributed by atoms with Crippen molar-refractivity contribution >= 4 is 6.03 Å². The van der Waals surface area contributed by atoms with Gasteiger partial charge in [0, 0.05) is 13.2 Å². The maximum absolute atomic E-state index is 13.5. The number of carbonyl (C=O) groups is 1. The Hall–Kier alpha value is -2.40. The molecule has 5 heteroatoms. The van der Waals surface area contributed by atoms with Crippen LogP contribution in [0.5, 0.6) is 0 Å². The van der Waals surface area contributed by atoms with Crippen LogP contribution < -0.4 is 10.6 Å². The van der Waals surface area contributed by atoms with Crippen LogP contribution in [0.2, 0.25) is 0 Å². The molecule has 1 unspecified atom stereocenters. The molecule has 0 spiro atoms. The number of urea groups is 1. The number of hydrogen-bond donors (Lipinski definition) is 3. The third-order valence-corrected chi connectivity index (χ3v) is 3.80. The topological polar surface area (TPSA) is 61.4 Å². The number of hydrogen-bond acceptors (Lipinski definition) is 2. The van der Waals surface area contributed by atoms with Crippen LogP contribution in [0, 0.1) is 5.82 Å². The van der Waals surface area contributed by atoms with Gasteiger partial charge in [0.15, 0.2) is 0 Å². The monoisotopic (exact) mass is 330 g/mol. The summed E-state index contributed by atoms with van der Waals surface area (Å²) < 4.78 is 13.5. The number of benzene rings is 2. The minimum Gasteiger partial charge on any atom is -0.396 e. The van der Waals surface area contributed by atoms with Gasteiger partial charge in [-0.1, -0.05) is 48.5 Å². The Morgan fingerprint density at radius 2 is 1.79 bits per heavy atom. The van der Waals surface area contributed by atoms with E-state index in [0.717, 1.165) is 5.56 Å². The van der Waals surface area contributed by atoms with Gasteiger partial charge in [-0.05, 0) is 36.5 Å². The number of aliphatic hydroxyl groups is 1. The first-order valence-electron chi connectivity index (χ1n) is 8.14. The third kappa shape index (κ3) is 5.66. The number of halogens is 1. The van der Waals surface area contributed by atoms with Crippen LogP contribution in [0.15, 0.2) is 54.6 Å². The maximum Gasteiger partial charge on any atom is 0.315 e. The molecule has 0 aliphatic heterocycles. The van der Waals surface area contributed by atoms with Crippen molar-refractivity contribution in [2.45, 2.75) is 25.3 Å². The molecule has 0 heterocycles. The second-order valence-corrected chi connectivity index (χ2v) is 5.57. The average molecular weight is 330 g/mol. The number of amides is 2. The molecule has 4 nitrogen and oxygen atoms in total. The van der Waals surface area contributed by atoms with Gasteiger partial charge in [-0.25, -0.2) is 9.18 Å². The molecule has 0 aliphatic rings. The third-order valence-electron chi connectivity index (χ3n) is 3.80. The van der Waals surface area contributed by atoms with Crippen LogP contribution in [-0.2, 0) is 6.42 Å². The molecule has 0 aliphatic carbocycles. The molecule has 0 fully saturated rings. The smallest absolute Gasteiger partial charge is 0.315 e. The molecule has 0 aromatic heterocycles. The summed E-state index contributed by atoms with van der Waals surface area (Å²) in [7, 11) is 0. The molecule has 0 saturated heterocycles. The fourth-order valence-electron chi connectivity index (χ4n) is 2.52. The Morgan fingerprint density at radius 3 is 2.50 bits per heavy atom. The second-order valence-electron chi connectivity index (χ2n) is 5.57. The van der Waals surface area contributed by atoms with Crippen LogP contribution in [0.1, 0.15) is 30.0 Å². The molecule has 24 heavy (non-hydrogen) atoms. The average Bonchev–Trinajstić information content (AvgIpc) is 2.61. The number of nitrogens with one attached hydrogen (secondary N) is 2. The predicted molar refractivity (Wildman–Crippen MR) is 92.1 cm³/mol. The van der Waals surface area contributed by atoms with E-state index in [0.29, 0.717) is 31.4 Å². The highest BCUT2D eigenvalue weighted by molar-refractivity contribution is 5.74. The highest BCUT2D eigenvalue weighted by atomic mass is 19.1. The molecule has 128 valence electrons. The van der Waals surface area contributed by atoms with Crippen molar-refractivity contribution in [3.63, 3.8) is 0 Å². The summed E-state index contributed by atoms with van der Waals surface area (Å²) in [5.41, 5.74) is 1.58. The van der Waals surface area contributed by atoms with E-state index in [2.05, 4.69) is 10.6 Å². The predicted octanol–water partition coefficient (Wildman–Crippen LogP) is 3.18. The van der Waals surface area contributed by atoms with E-state index in [-0.39, 0.29) is 24.5 Å². The van der Waals surface area contributed by atoms with Gasteiger partial charge in [-0.3, -0.25) is 0 Å². The highest BCUT2D eigenvalue weighted by Gasteiger charge is 2.13. The van der Waals surface area contributed by atoms with E-state index in [4.69, 9.17) is 5.11 Å². The Bertz CT molecular complexity index is 634. The SMILES string of the molecule is O=C(NCCc1ccccc1F)NC(CCCO)c1ccccc1. The molecule has 2 aromatic carbocycles. The largest absolute Gasteiger partial charge is 0.396 e. The van der Waals surface area contributed by atoms with Crippen molar-refractivity contribution in [1.29, 1.82) is 0 Å². The molecule has 2 amide bonds. The minimum absolute atomic E-state index is 0.0833. The molecule has 2 rings (SSSR count). The second kappa shape index (κ2) is 9.67. The quantitative estimate of drug-likeness (QED) is 0.696. The van der Waals surface area contributed by atoms with Crippen molar-refractivity contribution in [1.82, 2.24) is 10.6 Å². The van der Waals surface area contributed by atoms with Gasteiger partial charge < -0.3 is 15.7 Å². The fourth-order valence-corrected chi connectivity index (χ4v) is 2.52.